The van der Waals surface area contributed by atoms with Gasteiger partial charge < -0.3 is 10.6 Å². The molecule has 33 heavy (non-hydrogen) atoms. The summed E-state index contributed by atoms with van der Waals surface area (Å²) in [5.41, 5.74) is 9.12. The van der Waals surface area contributed by atoms with Gasteiger partial charge >= 0.3 is 0 Å². The van der Waals surface area contributed by atoms with Crippen LogP contribution in [0.25, 0.3) is 0 Å². The molecule has 0 saturated carbocycles. The molecule has 1 unspecified atom stereocenters. The SMILES string of the molecule is Nc1ccc(N2CCN(Cc3cccc4c3C(=O)N(C3CCC(=O)NC3=O)C4=O)CC2)cc1. The van der Waals surface area contributed by atoms with E-state index in [0.717, 1.165) is 48.0 Å². The highest BCUT2D eigenvalue weighted by molar-refractivity contribution is 6.24. The van der Waals surface area contributed by atoms with Gasteiger partial charge in [0.15, 0.2) is 0 Å². The molecule has 2 fully saturated rings. The fraction of sp³-hybridized carbons (Fsp3) is 0.333. The van der Waals surface area contributed by atoms with Gasteiger partial charge in [0.1, 0.15) is 6.04 Å². The number of hydrogen-bond donors (Lipinski definition) is 2. The van der Waals surface area contributed by atoms with Gasteiger partial charge in [-0.25, -0.2) is 0 Å². The number of benzene rings is 2. The van der Waals surface area contributed by atoms with Gasteiger partial charge in [-0.05, 0) is 42.3 Å². The Balaban J connectivity index is 1.30. The smallest absolute Gasteiger partial charge is 0.262 e. The average Bonchev–Trinajstić information content (AvgIpc) is 3.06. The second-order valence-electron chi connectivity index (χ2n) is 8.64. The zero-order valence-electron chi connectivity index (χ0n) is 18.1. The summed E-state index contributed by atoms with van der Waals surface area (Å²) in [6.07, 6.45) is 0.257. The summed E-state index contributed by atoms with van der Waals surface area (Å²) < 4.78 is 0. The summed E-state index contributed by atoms with van der Waals surface area (Å²) in [5, 5.41) is 2.23. The Kier molecular flexibility index (Phi) is 5.33. The molecule has 4 amide bonds. The van der Waals surface area contributed by atoms with E-state index in [1.807, 2.05) is 30.3 Å². The van der Waals surface area contributed by atoms with Gasteiger partial charge in [-0.2, -0.15) is 0 Å². The quantitative estimate of drug-likeness (QED) is 0.530. The summed E-state index contributed by atoms with van der Waals surface area (Å²) in [7, 11) is 0. The summed E-state index contributed by atoms with van der Waals surface area (Å²) in [4.78, 5) is 55.6. The maximum atomic E-state index is 13.3. The van der Waals surface area contributed by atoms with Gasteiger partial charge in [0.2, 0.25) is 11.8 Å². The van der Waals surface area contributed by atoms with Crippen LogP contribution in [-0.4, -0.2) is 65.6 Å². The minimum atomic E-state index is -0.952. The van der Waals surface area contributed by atoms with Crippen molar-refractivity contribution >= 4 is 35.0 Å². The van der Waals surface area contributed by atoms with Crippen LogP contribution in [0.3, 0.4) is 0 Å². The van der Waals surface area contributed by atoms with Crippen molar-refractivity contribution < 1.29 is 19.2 Å². The van der Waals surface area contributed by atoms with Gasteiger partial charge in [0, 0.05) is 50.5 Å². The average molecular weight is 447 g/mol. The van der Waals surface area contributed by atoms with Crippen molar-refractivity contribution in [2.24, 2.45) is 0 Å². The van der Waals surface area contributed by atoms with Crippen LogP contribution in [0.4, 0.5) is 11.4 Å². The van der Waals surface area contributed by atoms with Crippen molar-refractivity contribution in [3.63, 3.8) is 0 Å². The van der Waals surface area contributed by atoms with Gasteiger partial charge in [0.25, 0.3) is 11.8 Å². The van der Waals surface area contributed by atoms with E-state index < -0.39 is 23.8 Å². The number of carbonyl (C=O) groups excluding carboxylic acids is 4. The number of nitrogens with one attached hydrogen (secondary N) is 1. The van der Waals surface area contributed by atoms with Crippen LogP contribution in [0.1, 0.15) is 39.1 Å². The standard InChI is InChI=1S/C24H25N5O4/c25-16-4-6-17(7-5-16)28-12-10-27(11-13-28)14-15-2-1-3-18-21(15)24(33)29(23(18)32)19-8-9-20(30)26-22(19)31/h1-7,19H,8-14,25H2,(H,26,30,31). The molecule has 3 aliphatic heterocycles. The fourth-order valence-electron chi connectivity index (χ4n) is 4.81. The monoisotopic (exact) mass is 447 g/mol. The van der Waals surface area contributed by atoms with Gasteiger partial charge in [0.05, 0.1) is 11.1 Å². The van der Waals surface area contributed by atoms with Crippen LogP contribution >= 0.6 is 0 Å². The van der Waals surface area contributed by atoms with Crippen LogP contribution in [0.5, 0.6) is 0 Å². The second-order valence-corrected chi connectivity index (χ2v) is 8.64. The molecule has 9 nitrogen and oxygen atoms in total. The van der Waals surface area contributed by atoms with Crippen LogP contribution in [0, 0.1) is 0 Å². The lowest BCUT2D eigenvalue weighted by molar-refractivity contribution is -0.136. The number of nitrogen functional groups attached to an aromatic ring is 1. The van der Waals surface area contributed by atoms with Crippen LogP contribution in [0.15, 0.2) is 42.5 Å². The molecule has 2 aromatic rings. The van der Waals surface area contributed by atoms with Crippen molar-refractivity contribution in [1.82, 2.24) is 15.1 Å². The first-order chi connectivity index (χ1) is 15.9. The van der Waals surface area contributed by atoms with E-state index in [2.05, 4.69) is 15.1 Å². The number of nitrogens with zero attached hydrogens (tertiary/aromatic N) is 3. The van der Waals surface area contributed by atoms with E-state index in [-0.39, 0.29) is 18.7 Å². The molecule has 2 aromatic carbocycles. The molecule has 0 aromatic heterocycles. The molecular formula is C24H25N5O4. The third kappa shape index (κ3) is 3.84. The highest BCUT2D eigenvalue weighted by Crippen LogP contribution is 2.31. The first-order valence-corrected chi connectivity index (χ1v) is 11.1. The number of piperazine rings is 1. The summed E-state index contributed by atoms with van der Waals surface area (Å²) in [5.74, 6) is -1.91. The number of imide groups is 2. The molecular weight excluding hydrogens is 422 g/mol. The topological polar surface area (TPSA) is 116 Å². The number of anilines is 2. The number of fused-ring (bicyclic) bond motifs is 1. The lowest BCUT2D eigenvalue weighted by atomic mass is 10.0. The zero-order chi connectivity index (χ0) is 23.1. The van der Waals surface area contributed by atoms with Gasteiger partial charge in [-0.3, -0.25) is 34.3 Å². The third-order valence-corrected chi connectivity index (χ3v) is 6.58. The van der Waals surface area contributed by atoms with E-state index in [1.54, 1.807) is 12.1 Å². The Bertz CT molecular complexity index is 1140. The number of piperidine rings is 1. The Morgan fingerprint density at radius 2 is 1.64 bits per heavy atom. The van der Waals surface area contributed by atoms with Crippen molar-refractivity contribution in [3.05, 3.63) is 59.2 Å². The number of rotatable bonds is 4. The van der Waals surface area contributed by atoms with E-state index in [1.165, 1.54) is 0 Å². The molecule has 0 radical (unpaired) electrons. The minimum absolute atomic E-state index is 0.106. The molecule has 3 aliphatic rings. The van der Waals surface area contributed by atoms with E-state index in [0.29, 0.717) is 17.7 Å². The maximum absolute atomic E-state index is 13.3. The largest absolute Gasteiger partial charge is 0.399 e. The Morgan fingerprint density at radius 1 is 0.909 bits per heavy atom. The normalized spacial score (nSPS) is 21.4. The maximum Gasteiger partial charge on any atom is 0.262 e. The lowest BCUT2D eigenvalue weighted by Crippen LogP contribution is -2.54. The van der Waals surface area contributed by atoms with Crippen LogP contribution in [-0.2, 0) is 16.1 Å². The second kappa shape index (κ2) is 8.32. The molecule has 3 N–H and O–H groups in total. The predicted octanol–water partition coefficient (Wildman–Crippen LogP) is 0.992. The highest BCUT2D eigenvalue weighted by atomic mass is 16.2. The summed E-state index contributed by atoms with van der Waals surface area (Å²) >= 11 is 0. The molecule has 170 valence electrons. The molecule has 0 spiro atoms. The number of hydrogen-bond acceptors (Lipinski definition) is 7. The lowest BCUT2D eigenvalue weighted by Gasteiger charge is -2.36. The van der Waals surface area contributed by atoms with Crippen molar-refractivity contribution in [3.8, 4) is 0 Å². The molecule has 9 heteroatoms. The van der Waals surface area contributed by atoms with Crippen LogP contribution < -0.4 is 16.0 Å². The van der Waals surface area contributed by atoms with Crippen molar-refractivity contribution in [2.45, 2.75) is 25.4 Å². The minimum Gasteiger partial charge on any atom is -0.399 e. The summed E-state index contributed by atoms with van der Waals surface area (Å²) in [6.45, 7) is 3.85. The Labute approximate surface area is 191 Å². The predicted molar refractivity (Wildman–Crippen MR) is 121 cm³/mol. The highest BCUT2D eigenvalue weighted by Gasteiger charge is 2.45. The molecule has 2 saturated heterocycles. The van der Waals surface area contributed by atoms with E-state index >= 15 is 0 Å². The molecule has 3 heterocycles. The first kappa shape index (κ1) is 21.1. The van der Waals surface area contributed by atoms with Crippen LogP contribution in [0.2, 0.25) is 0 Å². The molecule has 0 bridgehead atoms. The fourth-order valence-corrected chi connectivity index (χ4v) is 4.81. The number of carbonyl (C=O) groups is 4. The van der Waals surface area contributed by atoms with Crippen molar-refractivity contribution in [1.29, 1.82) is 0 Å². The van der Waals surface area contributed by atoms with Crippen molar-refractivity contribution in [2.75, 3.05) is 36.8 Å². The number of nitrogens with two attached hydrogens (primary N) is 1. The Hall–Kier alpha value is -3.72. The Morgan fingerprint density at radius 3 is 2.33 bits per heavy atom. The molecule has 1 atom stereocenters. The molecule has 0 aliphatic carbocycles. The van der Waals surface area contributed by atoms with E-state index in [9.17, 15) is 19.2 Å². The third-order valence-electron chi connectivity index (χ3n) is 6.58. The van der Waals surface area contributed by atoms with Gasteiger partial charge in [-0.1, -0.05) is 12.1 Å². The van der Waals surface area contributed by atoms with Gasteiger partial charge in [-0.15, -0.1) is 0 Å². The first-order valence-electron chi connectivity index (χ1n) is 11.1. The number of amides is 4. The van der Waals surface area contributed by atoms with E-state index in [4.69, 9.17) is 5.73 Å². The zero-order valence-corrected chi connectivity index (χ0v) is 18.1. The molecule has 5 rings (SSSR count). The summed E-state index contributed by atoms with van der Waals surface area (Å²) in [6, 6.07) is 12.1.